The SMILES string of the molecule is NCc1ccc(NC(=O)c2csnn2)cc1. The second-order valence-corrected chi connectivity index (χ2v) is 3.76. The topological polar surface area (TPSA) is 80.9 Å². The van der Waals surface area contributed by atoms with Crippen LogP contribution in [0.15, 0.2) is 29.6 Å². The lowest BCUT2D eigenvalue weighted by Crippen LogP contribution is -2.12. The molecular formula is C10H10N4OS. The van der Waals surface area contributed by atoms with Crippen LogP contribution < -0.4 is 11.1 Å². The van der Waals surface area contributed by atoms with Gasteiger partial charge in [-0.15, -0.1) is 5.10 Å². The lowest BCUT2D eigenvalue weighted by Gasteiger charge is -2.03. The molecule has 0 unspecified atom stereocenters. The minimum atomic E-state index is -0.255. The lowest BCUT2D eigenvalue weighted by molar-refractivity contribution is 0.102. The highest BCUT2D eigenvalue weighted by atomic mass is 32.1. The maximum Gasteiger partial charge on any atom is 0.277 e. The number of carbonyl (C=O) groups is 1. The molecule has 0 aliphatic carbocycles. The van der Waals surface area contributed by atoms with E-state index in [-0.39, 0.29) is 5.91 Å². The quantitative estimate of drug-likeness (QED) is 0.837. The van der Waals surface area contributed by atoms with Crippen LogP contribution in [0.3, 0.4) is 0 Å². The molecule has 0 spiro atoms. The molecule has 16 heavy (non-hydrogen) atoms. The first-order valence-electron chi connectivity index (χ1n) is 4.67. The van der Waals surface area contributed by atoms with Gasteiger partial charge >= 0.3 is 0 Å². The minimum absolute atomic E-state index is 0.255. The van der Waals surface area contributed by atoms with Crippen molar-refractivity contribution in [2.75, 3.05) is 5.32 Å². The number of rotatable bonds is 3. The van der Waals surface area contributed by atoms with Crippen LogP contribution >= 0.6 is 11.5 Å². The first kappa shape index (κ1) is 10.7. The van der Waals surface area contributed by atoms with Gasteiger partial charge in [-0.05, 0) is 29.2 Å². The molecule has 1 heterocycles. The van der Waals surface area contributed by atoms with E-state index < -0.39 is 0 Å². The Morgan fingerprint density at radius 1 is 1.38 bits per heavy atom. The standard InChI is InChI=1S/C10H10N4OS/c11-5-7-1-3-8(4-2-7)12-10(15)9-6-16-14-13-9/h1-4,6H,5,11H2,(H,12,15). The Morgan fingerprint density at radius 2 is 2.12 bits per heavy atom. The van der Waals surface area contributed by atoms with Crippen molar-refractivity contribution in [3.63, 3.8) is 0 Å². The molecule has 1 amide bonds. The van der Waals surface area contributed by atoms with Crippen LogP contribution in [-0.4, -0.2) is 15.5 Å². The molecule has 1 aromatic heterocycles. The maximum absolute atomic E-state index is 11.6. The fraction of sp³-hybridized carbons (Fsp3) is 0.100. The van der Waals surface area contributed by atoms with Crippen molar-refractivity contribution in [2.24, 2.45) is 5.73 Å². The van der Waals surface area contributed by atoms with E-state index >= 15 is 0 Å². The van der Waals surface area contributed by atoms with Gasteiger partial charge in [0.2, 0.25) is 0 Å². The first-order valence-corrected chi connectivity index (χ1v) is 5.50. The van der Waals surface area contributed by atoms with Crippen LogP contribution in [0.4, 0.5) is 5.69 Å². The van der Waals surface area contributed by atoms with Crippen LogP contribution in [0, 0.1) is 0 Å². The molecule has 0 atom stereocenters. The monoisotopic (exact) mass is 234 g/mol. The van der Waals surface area contributed by atoms with Gasteiger partial charge in [-0.25, -0.2) is 0 Å². The van der Waals surface area contributed by atoms with Gasteiger partial charge in [0.25, 0.3) is 5.91 Å². The van der Waals surface area contributed by atoms with E-state index in [1.807, 2.05) is 12.1 Å². The third kappa shape index (κ3) is 2.41. The summed E-state index contributed by atoms with van der Waals surface area (Å²) in [5.74, 6) is -0.255. The molecule has 0 bridgehead atoms. The summed E-state index contributed by atoms with van der Waals surface area (Å²) >= 11 is 1.15. The molecule has 0 saturated carbocycles. The lowest BCUT2D eigenvalue weighted by atomic mass is 10.2. The largest absolute Gasteiger partial charge is 0.326 e. The number of nitrogens with one attached hydrogen (secondary N) is 1. The number of anilines is 1. The van der Waals surface area contributed by atoms with Crippen molar-refractivity contribution < 1.29 is 4.79 Å². The van der Waals surface area contributed by atoms with Gasteiger partial charge in [0, 0.05) is 17.6 Å². The van der Waals surface area contributed by atoms with E-state index in [1.54, 1.807) is 17.5 Å². The molecule has 0 aliphatic heterocycles. The van der Waals surface area contributed by atoms with Gasteiger partial charge in [0.05, 0.1) is 0 Å². The molecule has 0 fully saturated rings. The van der Waals surface area contributed by atoms with Crippen molar-refractivity contribution in [3.05, 3.63) is 40.9 Å². The highest BCUT2D eigenvalue weighted by Crippen LogP contribution is 2.10. The zero-order valence-electron chi connectivity index (χ0n) is 8.38. The highest BCUT2D eigenvalue weighted by molar-refractivity contribution is 7.03. The molecule has 6 heteroatoms. The Bertz CT molecular complexity index is 466. The Balaban J connectivity index is 2.06. The average molecular weight is 234 g/mol. The van der Waals surface area contributed by atoms with E-state index in [1.165, 1.54) is 0 Å². The molecule has 1 aromatic carbocycles. The summed E-state index contributed by atoms with van der Waals surface area (Å²) in [6.45, 7) is 0.490. The highest BCUT2D eigenvalue weighted by Gasteiger charge is 2.08. The summed E-state index contributed by atoms with van der Waals surface area (Å²) in [7, 11) is 0. The van der Waals surface area contributed by atoms with Crippen molar-refractivity contribution in [3.8, 4) is 0 Å². The van der Waals surface area contributed by atoms with E-state index in [0.717, 1.165) is 22.8 Å². The number of benzene rings is 1. The van der Waals surface area contributed by atoms with Crippen molar-refractivity contribution >= 4 is 23.1 Å². The van der Waals surface area contributed by atoms with Crippen LogP contribution in [0.2, 0.25) is 0 Å². The maximum atomic E-state index is 11.6. The smallest absolute Gasteiger partial charge is 0.277 e. The van der Waals surface area contributed by atoms with Gasteiger partial charge in [0.15, 0.2) is 5.69 Å². The normalized spacial score (nSPS) is 10.1. The zero-order valence-corrected chi connectivity index (χ0v) is 9.20. The summed E-state index contributed by atoms with van der Waals surface area (Å²) in [5.41, 5.74) is 7.54. The van der Waals surface area contributed by atoms with Gasteiger partial charge in [0.1, 0.15) is 0 Å². The van der Waals surface area contributed by atoms with Gasteiger partial charge in [-0.1, -0.05) is 16.6 Å². The van der Waals surface area contributed by atoms with Crippen LogP contribution in [0.25, 0.3) is 0 Å². The van der Waals surface area contributed by atoms with Crippen LogP contribution in [0.5, 0.6) is 0 Å². The molecule has 0 radical (unpaired) electrons. The number of nitrogens with two attached hydrogens (primary N) is 1. The number of aromatic nitrogens is 2. The van der Waals surface area contributed by atoms with E-state index in [0.29, 0.717) is 12.2 Å². The third-order valence-electron chi connectivity index (χ3n) is 2.04. The number of amides is 1. The molecule has 0 saturated heterocycles. The number of hydrogen-bond donors (Lipinski definition) is 2. The third-order valence-corrected chi connectivity index (χ3v) is 2.54. The zero-order chi connectivity index (χ0) is 11.4. The Labute approximate surface area is 96.5 Å². The molecule has 3 N–H and O–H groups in total. The van der Waals surface area contributed by atoms with E-state index in [4.69, 9.17) is 5.73 Å². The Hall–Kier alpha value is -1.79. The van der Waals surface area contributed by atoms with E-state index in [9.17, 15) is 4.79 Å². The van der Waals surface area contributed by atoms with Crippen LogP contribution in [0.1, 0.15) is 16.1 Å². The number of nitrogens with zero attached hydrogens (tertiary/aromatic N) is 2. The fourth-order valence-electron chi connectivity index (χ4n) is 1.18. The summed E-state index contributed by atoms with van der Waals surface area (Å²) in [4.78, 5) is 11.6. The Morgan fingerprint density at radius 3 is 2.69 bits per heavy atom. The average Bonchev–Trinajstić information content (AvgIpc) is 2.83. The summed E-state index contributed by atoms with van der Waals surface area (Å²) in [5, 5.41) is 8.00. The first-order chi connectivity index (χ1) is 7.79. The second-order valence-electron chi connectivity index (χ2n) is 3.15. The van der Waals surface area contributed by atoms with Crippen LogP contribution in [-0.2, 0) is 6.54 Å². The van der Waals surface area contributed by atoms with Gasteiger partial charge in [-0.2, -0.15) is 0 Å². The van der Waals surface area contributed by atoms with Gasteiger partial charge in [-0.3, -0.25) is 4.79 Å². The molecule has 0 aliphatic rings. The van der Waals surface area contributed by atoms with Crippen molar-refractivity contribution in [2.45, 2.75) is 6.54 Å². The predicted octanol–water partition coefficient (Wildman–Crippen LogP) is 1.25. The molecular weight excluding hydrogens is 224 g/mol. The summed E-state index contributed by atoms with van der Waals surface area (Å²) in [6, 6.07) is 7.35. The summed E-state index contributed by atoms with van der Waals surface area (Å²) < 4.78 is 3.63. The molecule has 82 valence electrons. The van der Waals surface area contributed by atoms with Crippen molar-refractivity contribution in [1.82, 2.24) is 9.59 Å². The minimum Gasteiger partial charge on any atom is -0.326 e. The predicted molar refractivity (Wildman–Crippen MR) is 62.2 cm³/mol. The second kappa shape index (κ2) is 4.82. The number of hydrogen-bond acceptors (Lipinski definition) is 5. The van der Waals surface area contributed by atoms with Gasteiger partial charge < -0.3 is 11.1 Å². The fourth-order valence-corrected chi connectivity index (χ4v) is 1.62. The molecule has 2 rings (SSSR count). The number of carbonyl (C=O) groups excluding carboxylic acids is 1. The Kier molecular flexibility index (Phi) is 3.23. The van der Waals surface area contributed by atoms with Crippen molar-refractivity contribution in [1.29, 1.82) is 0 Å². The summed E-state index contributed by atoms with van der Waals surface area (Å²) in [6.07, 6.45) is 0. The molecule has 5 nitrogen and oxygen atoms in total. The molecule has 2 aromatic rings. The van der Waals surface area contributed by atoms with E-state index in [2.05, 4.69) is 14.9 Å².